The fraction of sp³-hybridized carbons (Fsp3) is 1.00. The molecule has 6 nitrogen and oxygen atoms in total. The lowest BCUT2D eigenvalue weighted by Gasteiger charge is -2.14. The third-order valence-electron chi connectivity index (χ3n) is 0.927. The fourth-order valence-electron chi connectivity index (χ4n) is 0.365. The molecule has 0 amide bonds. The van der Waals surface area contributed by atoms with Crippen LogP contribution in [0.3, 0.4) is 0 Å². The highest BCUT2D eigenvalue weighted by Gasteiger charge is 2.43. The third kappa shape index (κ3) is 6.14. The van der Waals surface area contributed by atoms with E-state index in [1.165, 1.54) is 0 Å². The number of alkyl halides is 4. The predicted octanol–water partition coefficient (Wildman–Crippen LogP) is -0.0479. The van der Waals surface area contributed by atoms with Crippen LogP contribution >= 0.6 is 0 Å². The number of hydrogen-bond donors (Lipinski definition) is 1. The molecule has 0 aliphatic rings. The average Bonchev–Trinajstić information content (AvgIpc) is 1.96. The van der Waals surface area contributed by atoms with Crippen molar-refractivity contribution in [3.8, 4) is 0 Å². The Morgan fingerprint density at radius 2 is 1.62 bits per heavy atom. The van der Waals surface area contributed by atoms with Crippen LogP contribution < -0.4 is 4.13 Å². The van der Waals surface area contributed by atoms with Crippen LogP contribution in [0.2, 0.25) is 0 Å². The average molecular weight is 293 g/mol. The normalized spacial score (nSPS) is 14.4. The molecule has 0 aliphatic heterocycles. The first-order chi connectivity index (χ1) is 6.86. The molecule has 0 radical (unpaired) electrons. The Labute approximate surface area is 87.0 Å². The van der Waals surface area contributed by atoms with Crippen molar-refractivity contribution in [1.29, 1.82) is 0 Å². The summed E-state index contributed by atoms with van der Waals surface area (Å²) < 4.78 is 102. The molecule has 98 valence electrons. The molecule has 0 bridgehead atoms. The van der Waals surface area contributed by atoms with Gasteiger partial charge in [0, 0.05) is 0 Å². The SMILES string of the molecule is O=S(=O)(F)NS(=O)(=O)OCC(F)(F)C(F)F. The van der Waals surface area contributed by atoms with Crippen LogP contribution in [0.4, 0.5) is 21.4 Å². The van der Waals surface area contributed by atoms with Crippen molar-refractivity contribution in [3.05, 3.63) is 0 Å². The summed E-state index contributed by atoms with van der Waals surface area (Å²) in [5.74, 6) is -4.81. The van der Waals surface area contributed by atoms with Crippen molar-refractivity contribution in [2.45, 2.75) is 12.3 Å². The van der Waals surface area contributed by atoms with Gasteiger partial charge >= 0.3 is 33.1 Å². The molecule has 0 aromatic carbocycles. The van der Waals surface area contributed by atoms with E-state index in [1.54, 1.807) is 0 Å². The summed E-state index contributed by atoms with van der Waals surface area (Å²) in [6, 6.07) is 0. The van der Waals surface area contributed by atoms with Crippen LogP contribution in [0.25, 0.3) is 0 Å². The van der Waals surface area contributed by atoms with Gasteiger partial charge in [-0.25, -0.2) is 8.78 Å². The fourth-order valence-corrected chi connectivity index (χ4v) is 1.85. The van der Waals surface area contributed by atoms with E-state index in [-0.39, 0.29) is 4.13 Å². The molecule has 0 aromatic heterocycles. The Hall–Kier alpha value is -0.530. The Balaban J connectivity index is 4.54. The largest absolute Gasteiger partial charge is 0.387 e. The van der Waals surface area contributed by atoms with E-state index in [0.29, 0.717) is 0 Å². The van der Waals surface area contributed by atoms with Gasteiger partial charge in [-0.2, -0.15) is 25.6 Å². The summed E-state index contributed by atoms with van der Waals surface area (Å²) >= 11 is 0. The van der Waals surface area contributed by atoms with Gasteiger partial charge < -0.3 is 0 Å². The van der Waals surface area contributed by atoms with Crippen molar-refractivity contribution < 1.29 is 42.5 Å². The summed E-state index contributed by atoms with van der Waals surface area (Å²) in [5.41, 5.74) is 0. The molecule has 0 atom stereocenters. The van der Waals surface area contributed by atoms with Crippen LogP contribution in [0.5, 0.6) is 0 Å². The first-order valence-electron chi connectivity index (χ1n) is 3.14. The van der Waals surface area contributed by atoms with Gasteiger partial charge in [0.25, 0.3) is 0 Å². The predicted molar refractivity (Wildman–Crippen MR) is 39.0 cm³/mol. The Morgan fingerprint density at radius 1 is 1.19 bits per heavy atom. The van der Waals surface area contributed by atoms with Crippen molar-refractivity contribution in [2.75, 3.05) is 6.61 Å². The molecule has 0 heterocycles. The lowest BCUT2D eigenvalue weighted by atomic mass is 10.4. The van der Waals surface area contributed by atoms with E-state index in [9.17, 15) is 38.3 Å². The van der Waals surface area contributed by atoms with Crippen LogP contribution in [0, 0.1) is 0 Å². The third-order valence-corrected chi connectivity index (χ3v) is 2.97. The topological polar surface area (TPSA) is 89.5 Å². The molecular weight excluding hydrogens is 289 g/mol. The monoisotopic (exact) mass is 293 g/mol. The molecule has 0 fully saturated rings. The number of rotatable bonds is 6. The summed E-state index contributed by atoms with van der Waals surface area (Å²) in [6.45, 7) is -2.32. The summed E-state index contributed by atoms with van der Waals surface area (Å²) in [6.07, 6.45) is -4.22. The van der Waals surface area contributed by atoms with Gasteiger partial charge in [0.05, 0.1) is 0 Å². The highest BCUT2D eigenvalue weighted by Crippen LogP contribution is 2.23. The molecule has 0 aromatic rings. The van der Waals surface area contributed by atoms with Gasteiger partial charge in [-0.05, 0) is 0 Å². The first-order valence-corrected chi connectivity index (χ1v) is 5.93. The minimum atomic E-state index is -5.77. The number of halogens is 5. The maximum atomic E-state index is 12.1. The lowest BCUT2D eigenvalue weighted by Crippen LogP contribution is -2.37. The van der Waals surface area contributed by atoms with E-state index in [0.717, 1.165) is 0 Å². The van der Waals surface area contributed by atoms with Gasteiger partial charge in [0.1, 0.15) is 6.61 Å². The minimum Gasteiger partial charge on any atom is -0.251 e. The van der Waals surface area contributed by atoms with Crippen LogP contribution in [-0.2, 0) is 24.9 Å². The minimum absolute atomic E-state index is 0.184. The highest BCUT2D eigenvalue weighted by molar-refractivity contribution is 8.00. The quantitative estimate of drug-likeness (QED) is 0.548. The van der Waals surface area contributed by atoms with Gasteiger partial charge in [0.2, 0.25) is 0 Å². The van der Waals surface area contributed by atoms with Crippen LogP contribution in [-0.4, -0.2) is 35.8 Å². The summed E-state index contributed by atoms with van der Waals surface area (Å²) in [7, 11) is -11.2. The van der Waals surface area contributed by atoms with E-state index >= 15 is 0 Å². The van der Waals surface area contributed by atoms with Crippen LogP contribution in [0.15, 0.2) is 0 Å². The van der Waals surface area contributed by atoms with Crippen molar-refractivity contribution in [2.24, 2.45) is 0 Å². The zero-order valence-electron chi connectivity index (χ0n) is 7.03. The van der Waals surface area contributed by atoms with Gasteiger partial charge in [-0.1, -0.05) is 8.01 Å². The Bertz CT molecular complexity index is 429. The van der Waals surface area contributed by atoms with E-state index in [2.05, 4.69) is 4.18 Å². The molecule has 0 rings (SSSR count). The number of nitrogens with one attached hydrogen (secondary N) is 1. The van der Waals surface area contributed by atoms with Crippen molar-refractivity contribution >= 4 is 20.7 Å². The molecule has 16 heavy (non-hydrogen) atoms. The molecule has 0 spiro atoms. The second-order valence-electron chi connectivity index (χ2n) is 2.30. The van der Waals surface area contributed by atoms with Crippen LogP contribution in [0.1, 0.15) is 0 Å². The maximum absolute atomic E-state index is 12.1. The van der Waals surface area contributed by atoms with E-state index < -0.39 is 39.7 Å². The molecule has 0 aliphatic carbocycles. The van der Waals surface area contributed by atoms with Crippen molar-refractivity contribution in [3.63, 3.8) is 0 Å². The molecule has 0 saturated heterocycles. The Kier molecular flexibility index (Phi) is 4.61. The summed E-state index contributed by atoms with van der Waals surface area (Å²) in [4.78, 5) is 0. The first kappa shape index (κ1) is 15.5. The molecule has 13 heteroatoms. The van der Waals surface area contributed by atoms with Crippen molar-refractivity contribution in [1.82, 2.24) is 4.13 Å². The smallest absolute Gasteiger partial charge is 0.251 e. The maximum Gasteiger partial charge on any atom is 0.387 e. The van der Waals surface area contributed by atoms with Gasteiger partial charge in [0.15, 0.2) is 0 Å². The Morgan fingerprint density at radius 3 is 1.94 bits per heavy atom. The zero-order valence-corrected chi connectivity index (χ0v) is 8.67. The van der Waals surface area contributed by atoms with Gasteiger partial charge in [-0.15, -0.1) is 0 Å². The summed E-state index contributed by atoms with van der Waals surface area (Å²) in [5, 5.41) is 0. The van der Waals surface area contributed by atoms with E-state index in [4.69, 9.17) is 0 Å². The van der Waals surface area contributed by atoms with Gasteiger partial charge in [-0.3, -0.25) is 4.18 Å². The number of hydrogen-bond acceptors (Lipinski definition) is 5. The molecule has 1 N–H and O–H groups in total. The second kappa shape index (κ2) is 4.77. The zero-order chi connectivity index (χ0) is 13.2. The highest BCUT2D eigenvalue weighted by atomic mass is 32.3. The van der Waals surface area contributed by atoms with E-state index in [1.807, 2.05) is 0 Å². The lowest BCUT2D eigenvalue weighted by molar-refractivity contribution is -0.147. The second-order valence-corrected chi connectivity index (χ2v) is 4.99. The standard InChI is InChI=1S/C3H4F5NO5S2/c4-2(5)3(6,7)1-14-16(12,13)9-15(8,10)11/h2,9H,1H2. The molecule has 0 unspecified atom stereocenters. The molecule has 0 saturated carbocycles. The molecular formula is C3H4F5NO5S2.